The summed E-state index contributed by atoms with van der Waals surface area (Å²) in [6.07, 6.45) is 3.65. The number of carbonyl (C=O) groups is 1. The van der Waals surface area contributed by atoms with Crippen molar-refractivity contribution >= 4 is 17.0 Å². The van der Waals surface area contributed by atoms with Crippen molar-refractivity contribution in [2.24, 2.45) is 0 Å². The maximum Gasteiger partial charge on any atom is 0.335 e. The summed E-state index contributed by atoms with van der Waals surface area (Å²) in [6, 6.07) is 4.96. The van der Waals surface area contributed by atoms with Gasteiger partial charge in [-0.05, 0) is 38.2 Å². The van der Waals surface area contributed by atoms with Crippen molar-refractivity contribution in [1.82, 2.24) is 14.9 Å². The van der Waals surface area contributed by atoms with Crippen LogP contribution in [0.1, 0.15) is 42.4 Å². The second kappa shape index (κ2) is 6.52. The number of unbranched alkanes of at least 4 members (excludes halogenated alkanes) is 2. The highest BCUT2D eigenvalue weighted by Gasteiger charge is 2.09. The third-order valence-electron chi connectivity index (χ3n) is 3.34. The average Bonchev–Trinajstić information content (AvgIpc) is 2.79. The first-order valence-electron chi connectivity index (χ1n) is 7.00. The van der Waals surface area contributed by atoms with E-state index in [1.165, 1.54) is 19.3 Å². The molecule has 0 unspecified atom stereocenters. The van der Waals surface area contributed by atoms with E-state index in [2.05, 4.69) is 28.8 Å². The zero-order valence-electron chi connectivity index (χ0n) is 12.0. The van der Waals surface area contributed by atoms with Gasteiger partial charge < -0.3 is 10.1 Å². The van der Waals surface area contributed by atoms with E-state index in [4.69, 9.17) is 5.11 Å². The lowest BCUT2D eigenvalue weighted by atomic mass is 10.2. The lowest BCUT2D eigenvalue weighted by molar-refractivity contribution is 0.0697. The molecule has 5 heteroatoms. The minimum absolute atomic E-state index is 0.281. The standard InChI is InChI=1S/C15H21N3O2/c1-3-4-5-8-18(2)10-14-16-12-7-6-11(15(19)20)9-13(12)17-14/h6-7,9H,3-5,8,10H2,1-2H3,(H,16,17)(H,19,20). The fourth-order valence-corrected chi connectivity index (χ4v) is 2.24. The first kappa shape index (κ1) is 14.5. The molecule has 0 saturated heterocycles. The summed E-state index contributed by atoms with van der Waals surface area (Å²) in [5, 5.41) is 8.97. The Kier molecular flexibility index (Phi) is 4.74. The van der Waals surface area contributed by atoms with E-state index < -0.39 is 5.97 Å². The zero-order valence-corrected chi connectivity index (χ0v) is 12.0. The van der Waals surface area contributed by atoms with Gasteiger partial charge in [0.25, 0.3) is 0 Å². The van der Waals surface area contributed by atoms with E-state index in [1.54, 1.807) is 18.2 Å². The summed E-state index contributed by atoms with van der Waals surface area (Å²) < 4.78 is 0. The molecule has 0 aliphatic rings. The predicted octanol–water partition coefficient (Wildman–Crippen LogP) is 2.88. The quantitative estimate of drug-likeness (QED) is 0.762. The van der Waals surface area contributed by atoms with Crippen LogP contribution in [0.15, 0.2) is 18.2 Å². The van der Waals surface area contributed by atoms with Crippen LogP contribution in [0.4, 0.5) is 0 Å². The van der Waals surface area contributed by atoms with Gasteiger partial charge in [-0.1, -0.05) is 19.8 Å². The number of rotatable bonds is 7. The molecular formula is C15H21N3O2. The van der Waals surface area contributed by atoms with Gasteiger partial charge in [0.1, 0.15) is 5.82 Å². The predicted molar refractivity (Wildman–Crippen MR) is 78.9 cm³/mol. The van der Waals surface area contributed by atoms with Crippen molar-refractivity contribution in [3.8, 4) is 0 Å². The number of nitrogens with one attached hydrogen (secondary N) is 1. The number of H-pyrrole nitrogens is 1. The molecule has 2 aromatic rings. The van der Waals surface area contributed by atoms with Gasteiger partial charge in [-0.3, -0.25) is 4.90 Å². The van der Waals surface area contributed by atoms with Crippen LogP contribution in [-0.4, -0.2) is 39.5 Å². The van der Waals surface area contributed by atoms with Crippen LogP contribution in [0.5, 0.6) is 0 Å². The molecule has 0 atom stereocenters. The highest BCUT2D eigenvalue weighted by Crippen LogP contribution is 2.15. The monoisotopic (exact) mass is 275 g/mol. The number of nitrogens with zero attached hydrogens (tertiary/aromatic N) is 2. The molecule has 1 aromatic heterocycles. The molecule has 0 saturated carbocycles. The van der Waals surface area contributed by atoms with Gasteiger partial charge in [0.05, 0.1) is 23.1 Å². The third-order valence-corrected chi connectivity index (χ3v) is 3.34. The minimum Gasteiger partial charge on any atom is -0.478 e. The lowest BCUT2D eigenvalue weighted by Gasteiger charge is -2.14. The van der Waals surface area contributed by atoms with Crippen molar-refractivity contribution in [3.05, 3.63) is 29.6 Å². The van der Waals surface area contributed by atoms with Gasteiger partial charge in [-0.25, -0.2) is 9.78 Å². The Morgan fingerprint density at radius 3 is 2.90 bits per heavy atom. The Bertz CT molecular complexity index is 592. The molecule has 0 radical (unpaired) electrons. The molecule has 108 valence electrons. The number of carboxylic acids is 1. The van der Waals surface area contributed by atoms with E-state index in [1.807, 2.05) is 0 Å². The average molecular weight is 275 g/mol. The van der Waals surface area contributed by atoms with Crippen molar-refractivity contribution in [2.45, 2.75) is 32.7 Å². The van der Waals surface area contributed by atoms with Gasteiger partial charge in [-0.2, -0.15) is 0 Å². The van der Waals surface area contributed by atoms with Crippen molar-refractivity contribution in [3.63, 3.8) is 0 Å². The second-order valence-electron chi connectivity index (χ2n) is 5.17. The summed E-state index contributed by atoms with van der Waals surface area (Å²) in [5.41, 5.74) is 1.87. The molecule has 0 spiro atoms. The zero-order chi connectivity index (χ0) is 14.5. The molecule has 0 bridgehead atoms. The summed E-state index contributed by atoms with van der Waals surface area (Å²) in [6.45, 7) is 3.99. The van der Waals surface area contributed by atoms with Crippen molar-refractivity contribution in [1.29, 1.82) is 0 Å². The molecule has 0 fully saturated rings. The molecule has 1 aromatic carbocycles. The van der Waals surface area contributed by atoms with E-state index in [0.717, 1.165) is 29.9 Å². The van der Waals surface area contributed by atoms with Crippen molar-refractivity contribution in [2.75, 3.05) is 13.6 Å². The van der Waals surface area contributed by atoms with Crippen LogP contribution in [0.25, 0.3) is 11.0 Å². The largest absolute Gasteiger partial charge is 0.478 e. The van der Waals surface area contributed by atoms with Gasteiger partial charge in [0, 0.05) is 0 Å². The van der Waals surface area contributed by atoms with Crippen LogP contribution in [-0.2, 0) is 6.54 Å². The van der Waals surface area contributed by atoms with Gasteiger partial charge in [0.15, 0.2) is 0 Å². The number of aromatic carboxylic acids is 1. The highest BCUT2D eigenvalue weighted by molar-refractivity contribution is 5.92. The molecule has 0 amide bonds. The Labute approximate surface area is 118 Å². The van der Waals surface area contributed by atoms with Gasteiger partial charge in [-0.15, -0.1) is 0 Å². The van der Waals surface area contributed by atoms with Gasteiger partial charge >= 0.3 is 5.97 Å². The number of imidazole rings is 1. The molecule has 5 nitrogen and oxygen atoms in total. The fourth-order valence-electron chi connectivity index (χ4n) is 2.24. The van der Waals surface area contributed by atoms with Crippen LogP contribution < -0.4 is 0 Å². The van der Waals surface area contributed by atoms with Crippen LogP contribution in [0.2, 0.25) is 0 Å². The molecule has 0 aliphatic carbocycles. The second-order valence-corrected chi connectivity index (χ2v) is 5.17. The number of fused-ring (bicyclic) bond motifs is 1. The van der Waals surface area contributed by atoms with E-state index in [9.17, 15) is 4.79 Å². The number of aromatic nitrogens is 2. The maximum absolute atomic E-state index is 10.9. The minimum atomic E-state index is -0.917. The van der Waals surface area contributed by atoms with E-state index in [0.29, 0.717) is 0 Å². The Morgan fingerprint density at radius 2 is 2.20 bits per heavy atom. The summed E-state index contributed by atoms with van der Waals surface area (Å²) >= 11 is 0. The SMILES string of the molecule is CCCCCN(C)Cc1nc2ccc(C(=O)O)cc2[nH]1. The fraction of sp³-hybridized carbons (Fsp3) is 0.467. The highest BCUT2D eigenvalue weighted by atomic mass is 16.4. The number of hydrogen-bond acceptors (Lipinski definition) is 3. The van der Waals surface area contributed by atoms with Gasteiger partial charge in [0.2, 0.25) is 0 Å². The summed E-state index contributed by atoms with van der Waals surface area (Å²) in [4.78, 5) is 20.8. The van der Waals surface area contributed by atoms with Crippen molar-refractivity contribution < 1.29 is 9.90 Å². The van der Waals surface area contributed by atoms with Crippen LogP contribution in [0, 0.1) is 0 Å². The smallest absolute Gasteiger partial charge is 0.335 e. The summed E-state index contributed by atoms with van der Waals surface area (Å²) in [5.74, 6) is -0.0405. The molecule has 2 N–H and O–H groups in total. The molecular weight excluding hydrogens is 254 g/mol. The Hall–Kier alpha value is -1.88. The van der Waals surface area contributed by atoms with E-state index in [-0.39, 0.29) is 5.56 Å². The Morgan fingerprint density at radius 1 is 1.40 bits per heavy atom. The van der Waals surface area contributed by atoms with Crippen LogP contribution >= 0.6 is 0 Å². The summed E-state index contributed by atoms with van der Waals surface area (Å²) in [7, 11) is 2.07. The number of carboxylic acid groups (broad SMARTS) is 1. The lowest BCUT2D eigenvalue weighted by Crippen LogP contribution is -2.19. The van der Waals surface area contributed by atoms with Crippen LogP contribution in [0.3, 0.4) is 0 Å². The van der Waals surface area contributed by atoms with E-state index >= 15 is 0 Å². The topological polar surface area (TPSA) is 69.2 Å². The number of hydrogen-bond donors (Lipinski definition) is 2. The Balaban J connectivity index is 2.05. The first-order valence-corrected chi connectivity index (χ1v) is 7.00. The third kappa shape index (κ3) is 3.57. The number of aromatic amines is 1. The molecule has 20 heavy (non-hydrogen) atoms. The first-order chi connectivity index (χ1) is 9.60. The number of benzene rings is 1. The molecule has 0 aliphatic heterocycles. The molecule has 2 rings (SSSR count). The normalized spacial score (nSPS) is 11.3. The molecule has 1 heterocycles. The maximum atomic E-state index is 10.9.